The van der Waals surface area contributed by atoms with Gasteiger partial charge in [-0.05, 0) is 39.8 Å². The number of ether oxygens (including phenoxy) is 1. The molecule has 8 heteroatoms. The molecule has 164 valence electrons. The van der Waals surface area contributed by atoms with Crippen molar-refractivity contribution in [2.45, 2.75) is 56.3 Å². The topological polar surface area (TPSA) is 68.4 Å². The molecule has 2 amide bonds. The van der Waals surface area contributed by atoms with Crippen LogP contribution >= 0.6 is 0 Å². The van der Waals surface area contributed by atoms with Crippen LogP contribution in [0.5, 0.6) is 0 Å². The maximum Gasteiger partial charge on any atom is 0.239 e. The lowest BCUT2D eigenvalue weighted by Crippen LogP contribution is -2.53. The summed E-state index contributed by atoms with van der Waals surface area (Å²) in [6.07, 6.45) is 4.43. The summed E-state index contributed by atoms with van der Waals surface area (Å²) >= 11 is 0. The van der Waals surface area contributed by atoms with Gasteiger partial charge >= 0.3 is 0 Å². The number of hydrogen-bond donors (Lipinski definition) is 1. The molecule has 0 spiro atoms. The quantitative estimate of drug-likeness (QED) is 0.684. The van der Waals surface area contributed by atoms with Crippen molar-refractivity contribution in [2.75, 3.05) is 66.6 Å². The number of carbonyl (C=O) groups excluding carboxylic acids is 2. The highest BCUT2D eigenvalue weighted by Gasteiger charge is 2.47. The first-order chi connectivity index (χ1) is 14.0. The fraction of sp³-hybridized carbons (Fsp3) is 0.905. The van der Waals surface area contributed by atoms with Crippen molar-refractivity contribution in [1.82, 2.24) is 24.9 Å². The Hall–Kier alpha value is -1.22. The minimum absolute atomic E-state index is 0.0681. The summed E-state index contributed by atoms with van der Waals surface area (Å²) in [6.45, 7) is 6.78. The third-order valence-electron chi connectivity index (χ3n) is 7.49. The van der Waals surface area contributed by atoms with Gasteiger partial charge in [-0.2, -0.15) is 0 Å². The summed E-state index contributed by atoms with van der Waals surface area (Å²) in [6, 6.07) is 0.846. The first-order valence-electron chi connectivity index (χ1n) is 11.3. The molecule has 4 heterocycles. The van der Waals surface area contributed by atoms with Gasteiger partial charge in [-0.15, -0.1) is 0 Å². The molecule has 4 aliphatic rings. The van der Waals surface area contributed by atoms with Gasteiger partial charge in [-0.25, -0.2) is 0 Å². The lowest BCUT2D eigenvalue weighted by atomic mass is 10.0. The van der Waals surface area contributed by atoms with E-state index in [1.165, 1.54) is 0 Å². The van der Waals surface area contributed by atoms with E-state index in [0.717, 1.165) is 71.6 Å². The molecule has 0 radical (unpaired) electrons. The van der Waals surface area contributed by atoms with E-state index in [1.807, 2.05) is 4.90 Å². The minimum Gasteiger partial charge on any atom is -0.381 e. The molecule has 3 atom stereocenters. The number of rotatable bonds is 4. The zero-order chi connectivity index (χ0) is 20.4. The van der Waals surface area contributed by atoms with E-state index in [0.29, 0.717) is 19.0 Å². The lowest BCUT2D eigenvalue weighted by Gasteiger charge is -2.37. The van der Waals surface area contributed by atoms with Crippen molar-refractivity contribution in [3.05, 3.63) is 0 Å². The Labute approximate surface area is 174 Å². The van der Waals surface area contributed by atoms with E-state index < -0.39 is 0 Å². The van der Waals surface area contributed by atoms with Crippen LogP contribution < -0.4 is 5.32 Å². The van der Waals surface area contributed by atoms with Crippen LogP contribution in [-0.2, 0) is 14.3 Å². The Morgan fingerprint density at radius 3 is 2.52 bits per heavy atom. The summed E-state index contributed by atoms with van der Waals surface area (Å²) in [5.74, 6) is 0.424. The highest BCUT2D eigenvalue weighted by molar-refractivity contribution is 5.83. The molecule has 0 aliphatic carbocycles. The first kappa shape index (κ1) is 21.0. The van der Waals surface area contributed by atoms with Gasteiger partial charge in [0.2, 0.25) is 11.8 Å². The zero-order valence-corrected chi connectivity index (χ0v) is 18.0. The smallest absolute Gasteiger partial charge is 0.239 e. The largest absolute Gasteiger partial charge is 0.381 e. The van der Waals surface area contributed by atoms with Crippen molar-refractivity contribution >= 4 is 11.8 Å². The number of piperazine rings is 1. The van der Waals surface area contributed by atoms with Gasteiger partial charge in [0.05, 0.1) is 0 Å². The number of fused-ring (bicyclic) bond motifs is 1. The van der Waals surface area contributed by atoms with Crippen LogP contribution in [0.3, 0.4) is 0 Å². The van der Waals surface area contributed by atoms with Gasteiger partial charge in [-0.1, -0.05) is 0 Å². The third-order valence-corrected chi connectivity index (χ3v) is 7.49. The molecule has 4 aliphatic heterocycles. The summed E-state index contributed by atoms with van der Waals surface area (Å²) in [4.78, 5) is 34.7. The predicted molar refractivity (Wildman–Crippen MR) is 111 cm³/mol. The van der Waals surface area contributed by atoms with Crippen LogP contribution in [-0.4, -0.2) is 122 Å². The third kappa shape index (κ3) is 4.60. The van der Waals surface area contributed by atoms with Crippen molar-refractivity contribution in [2.24, 2.45) is 0 Å². The first-order valence-corrected chi connectivity index (χ1v) is 11.3. The molecule has 4 fully saturated rings. The van der Waals surface area contributed by atoms with E-state index in [9.17, 15) is 9.59 Å². The van der Waals surface area contributed by atoms with Gasteiger partial charge in [0.25, 0.3) is 0 Å². The van der Waals surface area contributed by atoms with E-state index in [2.05, 4.69) is 34.1 Å². The Bertz CT molecular complexity index is 589. The van der Waals surface area contributed by atoms with Crippen LogP contribution in [0.4, 0.5) is 0 Å². The van der Waals surface area contributed by atoms with Crippen molar-refractivity contribution in [3.63, 3.8) is 0 Å². The molecular formula is C21H37N5O3. The second-order valence-corrected chi connectivity index (χ2v) is 9.17. The SMILES string of the molecule is CN1CCN(C(=O)CC[C@H]2CNC(=O)[C@@H]3[C@@H](CCN3C3CCOCC3)N2C)CC1. The molecule has 4 saturated heterocycles. The predicted octanol–water partition coefficient (Wildman–Crippen LogP) is -0.407. The summed E-state index contributed by atoms with van der Waals surface area (Å²) in [5, 5.41) is 3.19. The average Bonchev–Trinajstić information content (AvgIpc) is 3.15. The maximum atomic E-state index is 13.0. The molecule has 8 nitrogen and oxygen atoms in total. The Morgan fingerprint density at radius 2 is 1.79 bits per heavy atom. The normalized spacial score (nSPS) is 33.4. The number of amides is 2. The van der Waals surface area contributed by atoms with E-state index in [-0.39, 0.29) is 29.9 Å². The molecule has 0 bridgehead atoms. The van der Waals surface area contributed by atoms with Crippen molar-refractivity contribution in [3.8, 4) is 0 Å². The summed E-state index contributed by atoms with van der Waals surface area (Å²) < 4.78 is 5.52. The molecule has 0 aromatic rings. The Kier molecular flexibility index (Phi) is 6.73. The number of nitrogens with one attached hydrogen (secondary N) is 1. The maximum absolute atomic E-state index is 13.0. The van der Waals surface area contributed by atoms with E-state index in [1.54, 1.807) is 0 Å². The van der Waals surface area contributed by atoms with Crippen LogP contribution in [0.1, 0.15) is 32.1 Å². The standard InChI is InChI=1S/C21H37N5O3/c1-23-9-11-25(12-10-23)19(27)4-3-17-15-22-21(28)20-18(24(17)2)5-8-26(20)16-6-13-29-14-7-16/h16-18,20H,3-15H2,1-2H3,(H,22,28)/t17-,18+,20-/m0/s1. The van der Waals surface area contributed by atoms with Gasteiger partial charge < -0.3 is 19.9 Å². The van der Waals surface area contributed by atoms with Crippen molar-refractivity contribution < 1.29 is 14.3 Å². The Morgan fingerprint density at radius 1 is 1.07 bits per heavy atom. The fourth-order valence-corrected chi connectivity index (χ4v) is 5.53. The second kappa shape index (κ2) is 9.29. The summed E-state index contributed by atoms with van der Waals surface area (Å²) in [5.41, 5.74) is 0. The fourth-order valence-electron chi connectivity index (χ4n) is 5.53. The van der Waals surface area contributed by atoms with Crippen molar-refractivity contribution in [1.29, 1.82) is 0 Å². The van der Waals surface area contributed by atoms with Crippen LogP contribution in [0.15, 0.2) is 0 Å². The number of likely N-dealkylation sites (tertiary alicyclic amines) is 1. The number of carbonyl (C=O) groups is 2. The van der Waals surface area contributed by atoms with E-state index >= 15 is 0 Å². The molecule has 0 aromatic carbocycles. The highest BCUT2D eigenvalue weighted by atomic mass is 16.5. The highest BCUT2D eigenvalue weighted by Crippen LogP contribution is 2.31. The molecule has 0 unspecified atom stereocenters. The monoisotopic (exact) mass is 407 g/mol. The van der Waals surface area contributed by atoms with Gasteiger partial charge in [-0.3, -0.25) is 19.4 Å². The van der Waals surface area contributed by atoms with Crippen LogP contribution in [0, 0.1) is 0 Å². The van der Waals surface area contributed by atoms with Gasteiger partial charge in [0.1, 0.15) is 6.04 Å². The number of hydrogen-bond acceptors (Lipinski definition) is 6. The van der Waals surface area contributed by atoms with Gasteiger partial charge in [0.15, 0.2) is 0 Å². The number of likely N-dealkylation sites (N-methyl/N-ethyl adjacent to an activating group) is 2. The average molecular weight is 408 g/mol. The zero-order valence-electron chi connectivity index (χ0n) is 18.0. The molecular weight excluding hydrogens is 370 g/mol. The summed E-state index contributed by atoms with van der Waals surface area (Å²) in [7, 11) is 4.25. The van der Waals surface area contributed by atoms with Crippen LogP contribution in [0.25, 0.3) is 0 Å². The molecule has 29 heavy (non-hydrogen) atoms. The molecule has 0 aromatic heterocycles. The number of nitrogens with zero attached hydrogens (tertiary/aromatic N) is 4. The molecule has 4 rings (SSSR count). The molecule has 1 N–H and O–H groups in total. The molecule has 0 saturated carbocycles. The van der Waals surface area contributed by atoms with Crippen LogP contribution in [0.2, 0.25) is 0 Å². The minimum atomic E-state index is -0.0681. The van der Waals surface area contributed by atoms with E-state index in [4.69, 9.17) is 4.74 Å². The second-order valence-electron chi connectivity index (χ2n) is 9.17. The Balaban J connectivity index is 1.35. The lowest BCUT2D eigenvalue weighted by molar-refractivity contribution is -0.133. The van der Waals surface area contributed by atoms with Gasteiger partial charge in [0, 0.05) is 77.0 Å².